The minimum atomic E-state index is -0.122. The number of nitrogens with zero attached hydrogens (tertiary/aromatic N) is 1. The fourth-order valence-corrected chi connectivity index (χ4v) is 3.67. The molecule has 0 aliphatic carbocycles. The number of rotatable bonds is 7. The molecule has 1 aromatic heterocycles. The Hall–Kier alpha value is -4.12. The molecule has 3 aromatic carbocycles. The fraction of sp³-hybridized carbons (Fsp3) is 0.143. The summed E-state index contributed by atoms with van der Waals surface area (Å²) >= 11 is 0. The lowest BCUT2D eigenvalue weighted by atomic mass is 9.96. The lowest BCUT2D eigenvalue weighted by molar-refractivity contribution is 0.102. The van der Waals surface area contributed by atoms with E-state index in [9.17, 15) is 4.79 Å². The smallest absolute Gasteiger partial charge is 0.256 e. The summed E-state index contributed by atoms with van der Waals surface area (Å²) in [6, 6.07) is 27.6. The van der Waals surface area contributed by atoms with E-state index in [4.69, 9.17) is 5.73 Å². The highest BCUT2D eigenvalue weighted by Gasteiger charge is 2.14. The van der Waals surface area contributed by atoms with Crippen LogP contribution in [0.4, 0.5) is 17.2 Å². The molecule has 5 heteroatoms. The molecule has 1 amide bonds. The summed E-state index contributed by atoms with van der Waals surface area (Å²) in [5.41, 5.74) is 13.3. The maximum Gasteiger partial charge on any atom is 0.256 e. The number of aromatic nitrogens is 1. The molecule has 0 unspecified atom stereocenters. The van der Waals surface area contributed by atoms with Crippen molar-refractivity contribution in [2.75, 3.05) is 22.9 Å². The monoisotopic (exact) mass is 436 g/mol. The molecule has 0 aliphatic rings. The third-order valence-corrected chi connectivity index (χ3v) is 5.46. The summed E-state index contributed by atoms with van der Waals surface area (Å²) in [5, 5.41) is 6.41. The van der Waals surface area contributed by atoms with Gasteiger partial charge in [-0.25, -0.2) is 4.98 Å². The minimum Gasteiger partial charge on any atom is -0.385 e. The third kappa shape index (κ3) is 5.77. The van der Waals surface area contributed by atoms with E-state index in [0.717, 1.165) is 46.7 Å². The van der Waals surface area contributed by atoms with Crippen molar-refractivity contribution in [2.45, 2.75) is 20.3 Å². The number of nitrogens with one attached hydrogen (secondary N) is 2. The second-order valence-corrected chi connectivity index (χ2v) is 8.18. The molecule has 33 heavy (non-hydrogen) atoms. The van der Waals surface area contributed by atoms with Gasteiger partial charge in [-0.1, -0.05) is 53.6 Å². The van der Waals surface area contributed by atoms with E-state index >= 15 is 0 Å². The topological polar surface area (TPSA) is 80.0 Å². The van der Waals surface area contributed by atoms with Gasteiger partial charge in [0.2, 0.25) is 0 Å². The summed E-state index contributed by atoms with van der Waals surface area (Å²) in [4.78, 5) is 17.4. The van der Waals surface area contributed by atoms with Gasteiger partial charge in [0, 0.05) is 35.6 Å². The van der Waals surface area contributed by atoms with Crippen LogP contribution in [0.1, 0.15) is 27.2 Å². The number of anilines is 3. The summed E-state index contributed by atoms with van der Waals surface area (Å²) < 4.78 is 0. The van der Waals surface area contributed by atoms with Gasteiger partial charge in [-0.15, -0.1) is 0 Å². The van der Waals surface area contributed by atoms with Gasteiger partial charge in [-0.05, 0) is 67.4 Å². The first-order valence-corrected chi connectivity index (χ1v) is 11.0. The van der Waals surface area contributed by atoms with E-state index in [1.165, 1.54) is 5.56 Å². The van der Waals surface area contributed by atoms with Crippen molar-refractivity contribution in [2.24, 2.45) is 0 Å². The van der Waals surface area contributed by atoms with Gasteiger partial charge in [-0.2, -0.15) is 0 Å². The van der Waals surface area contributed by atoms with Crippen LogP contribution in [-0.4, -0.2) is 17.4 Å². The molecule has 0 aliphatic heterocycles. The van der Waals surface area contributed by atoms with E-state index in [1.807, 2.05) is 61.5 Å². The Bertz CT molecular complexity index is 1250. The summed E-state index contributed by atoms with van der Waals surface area (Å²) in [5.74, 6) is 0.412. The van der Waals surface area contributed by atoms with Crippen LogP contribution in [0.2, 0.25) is 0 Å². The molecule has 5 nitrogen and oxygen atoms in total. The van der Waals surface area contributed by atoms with Gasteiger partial charge in [0.05, 0.1) is 0 Å². The number of carbonyl (C=O) groups excluding carboxylic acids is 1. The highest BCUT2D eigenvalue weighted by molar-refractivity contribution is 6.09. The summed E-state index contributed by atoms with van der Waals surface area (Å²) in [6.45, 7) is 4.79. The van der Waals surface area contributed by atoms with Crippen LogP contribution in [0.15, 0.2) is 84.9 Å². The zero-order chi connectivity index (χ0) is 23.2. The van der Waals surface area contributed by atoms with Crippen LogP contribution in [0.3, 0.4) is 0 Å². The summed E-state index contributed by atoms with van der Waals surface area (Å²) in [6.07, 6.45) is 0.776. The first-order valence-electron chi connectivity index (χ1n) is 11.0. The largest absolute Gasteiger partial charge is 0.385 e. The Labute approximate surface area is 194 Å². The van der Waals surface area contributed by atoms with Gasteiger partial charge in [-0.3, -0.25) is 4.79 Å². The molecule has 0 atom stereocenters. The van der Waals surface area contributed by atoms with Gasteiger partial charge < -0.3 is 16.4 Å². The number of carbonyl (C=O) groups is 1. The second kappa shape index (κ2) is 10.0. The Balaban J connectivity index is 1.41. The lowest BCUT2D eigenvalue weighted by Gasteiger charge is -2.13. The van der Waals surface area contributed by atoms with Crippen molar-refractivity contribution in [1.82, 2.24) is 4.98 Å². The number of aryl methyl sites for hydroxylation is 2. The van der Waals surface area contributed by atoms with Gasteiger partial charge in [0.1, 0.15) is 5.82 Å². The van der Waals surface area contributed by atoms with E-state index in [2.05, 4.69) is 46.8 Å². The average molecular weight is 437 g/mol. The van der Waals surface area contributed by atoms with Crippen LogP contribution in [0, 0.1) is 13.8 Å². The molecule has 0 spiro atoms. The number of nitrogen functional groups attached to an aromatic ring is 1. The lowest BCUT2D eigenvalue weighted by Crippen LogP contribution is -2.13. The standard InChI is InChI=1S/C28H28N4O/c1-19-6-9-21(10-7-19)25-15-8-20(2)18-26(25)28(33)32-24-13-11-22(12-14-24)30-17-16-23-4-3-5-27(29)31-23/h3-15,18,30H,16-17H2,1-2H3,(H2,29,31)(H,32,33). The van der Waals surface area contributed by atoms with Crippen molar-refractivity contribution >= 4 is 23.1 Å². The maximum atomic E-state index is 13.1. The second-order valence-electron chi connectivity index (χ2n) is 8.18. The zero-order valence-electron chi connectivity index (χ0n) is 18.9. The maximum absolute atomic E-state index is 13.1. The van der Waals surface area contributed by atoms with Crippen molar-refractivity contribution in [1.29, 1.82) is 0 Å². The van der Waals surface area contributed by atoms with Crippen molar-refractivity contribution in [3.63, 3.8) is 0 Å². The molecule has 4 N–H and O–H groups in total. The number of benzene rings is 3. The van der Waals surface area contributed by atoms with E-state index in [-0.39, 0.29) is 5.91 Å². The molecule has 166 valence electrons. The minimum absolute atomic E-state index is 0.122. The molecule has 0 radical (unpaired) electrons. The normalized spacial score (nSPS) is 10.6. The average Bonchev–Trinajstić information content (AvgIpc) is 2.81. The van der Waals surface area contributed by atoms with Crippen molar-refractivity contribution in [3.8, 4) is 11.1 Å². The SMILES string of the molecule is Cc1ccc(-c2ccc(C)cc2C(=O)Nc2ccc(NCCc3cccc(N)n3)cc2)cc1. The van der Waals surface area contributed by atoms with E-state index in [0.29, 0.717) is 11.4 Å². The molecule has 0 saturated heterocycles. The molecular weight excluding hydrogens is 408 g/mol. The van der Waals surface area contributed by atoms with Gasteiger partial charge in [0.25, 0.3) is 5.91 Å². The van der Waals surface area contributed by atoms with E-state index in [1.54, 1.807) is 6.07 Å². The summed E-state index contributed by atoms with van der Waals surface area (Å²) in [7, 11) is 0. The molecule has 0 fully saturated rings. The number of pyridine rings is 1. The third-order valence-electron chi connectivity index (χ3n) is 5.46. The molecule has 0 bridgehead atoms. The fourth-order valence-electron chi connectivity index (χ4n) is 3.67. The van der Waals surface area contributed by atoms with Crippen LogP contribution < -0.4 is 16.4 Å². The zero-order valence-corrected chi connectivity index (χ0v) is 18.9. The van der Waals surface area contributed by atoms with E-state index < -0.39 is 0 Å². The van der Waals surface area contributed by atoms with Crippen molar-refractivity contribution in [3.05, 3.63) is 107 Å². The van der Waals surface area contributed by atoms with Crippen LogP contribution in [-0.2, 0) is 6.42 Å². The molecule has 0 saturated carbocycles. The molecular formula is C28H28N4O. The number of hydrogen-bond acceptors (Lipinski definition) is 4. The Morgan fingerprint density at radius 2 is 1.55 bits per heavy atom. The van der Waals surface area contributed by atoms with Gasteiger partial charge >= 0.3 is 0 Å². The Kier molecular flexibility index (Phi) is 6.69. The van der Waals surface area contributed by atoms with Crippen LogP contribution >= 0.6 is 0 Å². The number of amides is 1. The van der Waals surface area contributed by atoms with Crippen LogP contribution in [0.5, 0.6) is 0 Å². The predicted molar refractivity (Wildman–Crippen MR) is 137 cm³/mol. The number of hydrogen-bond donors (Lipinski definition) is 3. The first kappa shape index (κ1) is 22.1. The molecule has 4 aromatic rings. The van der Waals surface area contributed by atoms with Crippen LogP contribution in [0.25, 0.3) is 11.1 Å². The highest BCUT2D eigenvalue weighted by Crippen LogP contribution is 2.26. The Morgan fingerprint density at radius 1 is 0.848 bits per heavy atom. The van der Waals surface area contributed by atoms with Crippen molar-refractivity contribution < 1.29 is 4.79 Å². The quantitative estimate of drug-likeness (QED) is 0.339. The predicted octanol–water partition coefficient (Wildman–Crippen LogP) is 5.85. The molecule has 4 rings (SSSR count). The Morgan fingerprint density at radius 3 is 2.27 bits per heavy atom. The van der Waals surface area contributed by atoms with Gasteiger partial charge in [0.15, 0.2) is 0 Å². The molecule has 1 heterocycles. The number of nitrogens with two attached hydrogens (primary N) is 1. The highest BCUT2D eigenvalue weighted by atomic mass is 16.1. The first-order chi connectivity index (χ1) is 16.0.